The van der Waals surface area contributed by atoms with E-state index in [2.05, 4.69) is 20.3 Å². The van der Waals surface area contributed by atoms with E-state index in [0.29, 0.717) is 6.54 Å². The third kappa shape index (κ3) is 7.21. The van der Waals surface area contributed by atoms with Crippen LogP contribution in [-0.4, -0.2) is 42.1 Å². The molecule has 0 amide bonds. The molecule has 0 radical (unpaired) electrons. The first-order chi connectivity index (χ1) is 13.5. The highest BCUT2D eigenvalue weighted by Crippen LogP contribution is 2.11. The standard InChI is InChI=1S/C20H28N4O3S/c1-21-20(23-13-12-16-8-10-19(27-3)11-9-16)24-14-17-4-6-18(7-5-17)15-28(25,26)22-2/h4-11,22H,12-15H2,1-3H3,(H2,21,23,24). The molecule has 3 N–H and O–H groups in total. The van der Waals surface area contributed by atoms with E-state index in [1.165, 1.54) is 12.6 Å². The Hall–Kier alpha value is -2.58. The normalized spacial score (nSPS) is 11.9. The molecule has 152 valence electrons. The lowest BCUT2D eigenvalue weighted by Crippen LogP contribution is -2.37. The number of methoxy groups -OCH3 is 1. The highest BCUT2D eigenvalue weighted by Gasteiger charge is 2.08. The SMILES string of the molecule is CN=C(NCCc1ccc(OC)cc1)NCc1ccc(CS(=O)(=O)NC)cc1. The molecule has 28 heavy (non-hydrogen) atoms. The molecule has 0 spiro atoms. The van der Waals surface area contributed by atoms with E-state index in [9.17, 15) is 8.42 Å². The van der Waals surface area contributed by atoms with E-state index < -0.39 is 10.0 Å². The number of sulfonamides is 1. The molecule has 0 saturated carbocycles. The van der Waals surface area contributed by atoms with Crippen LogP contribution >= 0.6 is 0 Å². The van der Waals surface area contributed by atoms with Crippen LogP contribution in [0.25, 0.3) is 0 Å². The van der Waals surface area contributed by atoms with Crippen molar-refractivity contribution in [3.05, 3.63) is 65.2 Å². The molecule has 8 heteroatoms. The van der Waals surface area contributed by atoms with E-state index in [4.69, 9.17) is 4.74 Å². The smallest absolute Gasteiger partial charge is 0.215 e. The lowest BCUT2D eigenvalue weighted by Gasteiger charge is -2.12. The van der Waals surface area contributed by atoms with Gasteiger partial charge in [-0.05, 0) is 42.3 Å². The van der Waals surface area contributed by atoms with Gasteiger partial charge in [-0.1, -0.05) is 36.4 Å². The van der Waals surface area contributed by atoms with E-state index in [1.54, 1.807) is 14.2 Å². The Balaban J connectivity index is 1.78. The summed E-state index contributed by atoms with van der Waals surface area (Å²) in [5, 5.41) is 6.54. The van der Waals surface area contributed by atoms with Gasteiger partial charge in [0.05, 0.1) is 12.9 Å². The van der Waals surface area contributed by atoms with Crippen molar-refractivity contribution in [1.82, 2.24) is 15.4 Å². The van der Waals surface area contributed by atoms with Crippen LogP contribution in [-0.2, 0) is 28.7 Å². The highest BCUT2D eigenvalue weighted by molar-refractivity contribution is 7.88. The van der Waals surface area contributed by atoms with E-state index in [0.717, 1.165) is 35.8 Å². The first-order valence-corrected chi connectivity index (χ1v) is 10.7. The molecule has 7 nitrogen and oxygen atoms in total. The fourth-order valence-corrected chi connectivity index (χ4v) is 3.34. The molecule has 2 aromatic rings. The second-order valence-electron chi connectivity index (χ2n) is 6.23. The average molecular weight is 405 g/mol. The second kappa shape index (κ2) is 10.7. The number of hydrogen-bond acceptors (Lipinski definition) is 4. The Morgan fingerprint density at radius 3 is 2.14 bits per heavy atom. The maximum Gasteiger partial charge on any atom is 0.215 e. The summed E-state index contributed by atoms with van der Waals surface area (Å²) < 4.78 is 30.7. The zero-order chi connectivity index (χ0) is 20.4. The summed E-state index contributed by atoms with van der Waals surface area (Å²) in [6.07, 6.45) is 0.874. The molecule has 0 aromatic heterocycles. The number of hydrogen-bond donors (Lipinski definition) is 3. The van der Waals surface area contributed by atoms with Crippen molar-refractivity contribution < 1.29 is 13.2 Å². The van der Waals surface area contributed by atoms with Crippen LogP contribution in [0.15, 0.2) is 53.5 Å². The average Bonchev–Trinajstić information content (AvgIpc) is 2.72. The number of nitrogens with zero attached hydrogens (tertiary/aromatic N) is 1. The van der Waals surface area contributed by atoms with Crippen LogP contribution in [0.2, 0.25) is 0 Å². The number of aliphatic imine (C=N–C) groups is 1. The molecule has 0 aliphatic rings. The molecular formula is C20H28N4O3S. The molecular weight excluding hydrogens is 376 g/mol. The fourth-order valence-electron chi connectivity index (χ4n) is 2.57. The van der Waals surface area contributed by atoms with Gasteiger partial charge in [-0.25, -0.2) is 13.1 Å². The van der Waals surface area contributed by atoms with E-state index in [-0.39, 0.29) is 5.75 Å². The Morgan fingerprint density at radius 2 is 1.57 bits per heavy atom. The van der Waals surface area contributed by atoms with Gasteiger partial charge in [-0.2, -0.15) is 0 Å². The van der Waals surface area contributed by atoms with Crippen LogP contribution in [0, 0.1) is 0 Å². The minimum Gasteiger partial charge on any atom is -0.497 e. The number of nitrogens with one attached hydrogen (secondary N) is 3. The summed E-state index contributed by atoms with van der Waals surface area (Å²) in [5.74, 6) is 1.55. The molecule has 0 atom stereocenters. The number of rotatable bonds is 9. The molecule has 2 aromatic carbocycles. The Morgan fingerprint density at radius 1 is 0.964 bits per heavy atom. The molecule has 0 fully saturated rings. The molecule has 0 bridgehead atoms. The first-order valence-electron chi connectivity index (χ1n) is 9.02. The molecule has 0 unspecified atom stereocenters. The summed E-state index contributed by atoms with van der Waals surface area (Å²) >= 11 is 0. The molecule has 0 aliphatic carbocycles. The van der Waals surface area contributed by atoms with Gasteiger partial charge in [0, 0.05) is 20.1 Å². The van der Waals surface area contributed by atoms with Gasteiger partial charge < -0.3 is 15.4 Å². The zero-order valence-corrected chi connectivity index (χ0v) is 17.3. The van der Waals surface area contributed by atoms with Crippen LogP contribution < -0.4 is 20.1 Å². The number of benzene rings is 2. The fraction of sp³-hybridized carbons (Fsp3) is 0.350. The molecule has 0 aliphatic heterocycles. The minimum absolute atomic E-state index is 0.0220. The lowest BCUT2D eigenvalue weighted by molar-refractivity contribution is 0.414. The zero-order valence-electron chi connectivity index (χ0n) is 16.5. The maximum absolute atomic E-state index is 11.6. The molecule has 0 saturated heterocycles. The van der Waals surface area contributed by atoms with Crippen molar-refractivity contribution in [3.63, 3.8) is 0 Å². The minimum atomic E-state index is -3.25. The van der Waals surface area contributed by atoms with Crippen molar-refractivity contribution in [2.75, 3.05) is 27.7 Å². The predicted molar refractivity (Wildman–Crippen MR) is 113 cm³/mol. The summed E-state index contributed by atoms with van der Waals surface area (Å²) in [5.41, 5.74) is 3.01. The van der Waals surface area contributed by atoms with Gasteiger partial charge in [-0.15, -0.1) is 0 Å². The third-order valence-corrected chi connectivity index (χ3v) is 5.57. The number of guanidine groups is 1. The van der Waals surface area contributed by atoms with Gasteiger partial charge in [0.25, 0.3) is 0 Å². The topological polar surface area (TPSA) is 91.8 Å². The monoisotopic (exact) mass is 404 g/mol. The van der Waals surface area contributed by atoms with Crippen LogP contribution in [0.3, 0.4) is 0 Å². The van der Waals surface area contributed by atoms with Crippen molar-refractivity contribution in [2.45, 2.75) is 18.7 Å². The van der Waals surface area contributed by atoms with Crippen LogP contribution in [0.1, 0.15) is 16.7 Å². The predicted octanol–water partition coefficient (Wildman–Crippen LogP) is 1.65. The quantitative estimate of drug-likeness (QED) is 0.437. The number of ether oxygens (including phenoxy) is 1. The van der Waals surface area contributed by atoms with Crippen LogP contribution in [0.4, 0.5) is 0 Å². The van der Waals surface area contributed by atoms with Gasteiger partial charge in [0.1, 0.15) is 5.75 Å². The Bertz CT molecular complexity index is 863. The van der Waals surface area contributed by atoms with Crippen molar-refractivity contribution in [1.29, 1.82) is 0 Å². The van der Waals surface area contributed by atoms with Gasteiger partial charge >= 0.3 is 0 Å². The van der Waals surface area contributed by atoms with Gasteiger partial charge in [0.2, 0.25) is 10.0 Å². The van der Waals surface area contributed by atoms with Gasteiger partial charge in [0.15, 0.2) is 5.96 Å². The van der Waals surface area contributed by atoms with E-state index in [1.807, 2.05) is 48.5 Å². The van der Waals surface area contributed by atoms with Crippen molar-refractivity contribution >= 4 is 16.0 Å². The molecule has 2 rings (SSSR count). The lowest BCUT2D eigenvalue weighted by atomic mass is 10.1. The Labute approximate surface area is 167 Å². The van der Waals surface area contributed by atoms with Crippen molar-refractivity contribution in [2.24, 2.45) is 4.99 Å². The summed E-state index contributed by atoms with van der Waals surface area (Å²) in [6.45, 7) is 1.36. The second-order valence-corrected chi connectivity index (χ2v) is 8.16. The first kappa shape index (κ1) is 21.7. The Kier molecular flexibility index (Phi) is 8.28. The summed E-state index contributed by atoms with van der Waals surface area (Å²) in [4.78, 5) is 4.23. The molecule has 0 heterocycles. The summed E-state index contributed by atoms with van der Waals surface area (Å²) in [6, 6.07) is 15.5. The maximum atomic E-state index is 11.6. The largest absolute Gasteiger partial charge is 0.497 e. The highest BCUT2D eigenvalue weighted by atomic mass is 32.2. The van der Waals surface area contributed by atoms with Gasteiger partial charge in [-0.3, -0.25) is 4.99 Å². The third-order valence-electron chi connectivity index (χ3n) is 4.24. The van der Waals surface area contributed by atoms with Crippen molar-refractivity contribution in [3.8, 4) is 5.75 Å². The van der Waals surface area contributed by atoms with E-state index >= 15 is 0 Å². The summed E-state index contributed by atoms with van der Waals surface area (Å²) in [7, 11) is 1.55. The van der Waals surface area contributed by atoms with Crippen LogP contribution in [0.5, 0.6) is 5.75 Å².